The first-order valence-corrected chi connectivity index (χ1v) is 9.52. The Balaban J connectivity index is 1.65. The molecule has 1 aliphatic heterocycles. The van der Waals surface area contributed by atoms with Crippen molar-refractivity contribution in [2.75, 3.05) is 11.9 Å². The minimum Gasteiger partial charge on any atom is -0.467 e. The standard InChI is InChI=1S/C22H18N4O5/c1-25(21(28)29)20-23-17-9-8-13(11-18(17)24-20)22(30)16-7-3-2-6-15(16)19(27)26(22)12-14-5-4-10-31-14/h2-11,30H,12H2,1H3,(H,23,24)(H,28,29). The first-order valence-electron chi connectivity index (χ1n) is 9.52. The van der Waals surface area contributed by atoms with E-state index in [1.807, 2.05) is 0 Å². The van der Waals surface area contributed by atoms with Crippen molar-refractivity contribution in [3.63, 3.8) is 0 Å². The van der Waals surface area contributed by atoms with Crippen molar-refractivity contribution >= 4 is 29.0 Å². The number of hydrogen-bond donors (Lipinski definition) is 3. The van der Waals surface area contributed by atoms with Gasteiger partial charge in [-0.15, -0.1) is 0 Å². The van der Waals surface area contributed by atoms with E-state index >= 15 is 0 Å². The lowest BCUT2D eigenvalue weighted by molar-refractivity contribution is -0.0565. The van der Waals surface area contributed by atoms with Gasteiger partial charge in [-0.3, -0.25) is 14.6 Å². The van der Waals surface area contributed by atoms with E-state index in [-0.39, 0.29) is 18.4 Å². The number of carbonyl (C=O) groups is 2. The Morgan fingerprint density at radius 1 is 1.23 bits per heavy atom. The number of carbonyl (C=O) groups excluding carboxylic acids is 1. The number of furan rings is 1. The monoisotopic (exact) mass is 418 g/mol. The van der Waals surface area contributed by atoms with Crippen LogP contribution in [0.1, 0.15) is 27.2 Å². The van der Waals surface area contributed by atoms with Gasteiger partial charge < -0.3 is 19.6 Å². The predicted molar refractivity (Wildman–Crippen MR) is 111 cm³/mol. The lowest BCUT2D eigenvalue weighted by atomic mass is 9.93. The third-order valence-corrected chi connectivity index (χ3v) is 5.54. The number of aromatic amines is 1. The van der Waals surface area contributed by atoms with Crippen LogP contribution in [0.25, 0.3) is 11.0 Å². The fourth-order valence-electron chi connectivity index (χ4n) is 3.93. The van der Waals surface area contributed by atoms with Gasteiger partial charge in [0.1, 0.15) is 5.76 Å². The van der Waals surface area contributed by atoms with Crippen LogP contribution in [0.15, 0.2) is 65.3 Å². The third kappa shape index (κ3) is 2.78. The van der Waals surface area contributed by atoms with E-state index in [0.717, 1.165) is 4.90 Å². The molecule has 2 amide bonds. The number of aromatic nitrogens is 2. The Morgan fingerprint density at radius 3 is 2.77 bits per heavy atom. The number of benzene rings is 2. The molecule has 0 aliphatic carbocycles. The second-order valence-electron chi connectivity index (χ2n) is 7.32. The summed E-state index contributed by atoms with van der Waals surface area (Å²) in [6, 6.07) is 15.4. The van der Waals surface area contributed by atoms with E-state index < -0.39 is 11.8 Å². The number of hydrogen-bond acceptors (Lipinski definition) is 5. The molecule has 3 heterocycles. The van der Waals surface area contributed by atoms with Crippen molar-refractivity contribution < 1.29 is 24.2 Å². The van der Waals surface area contributed by atoms with E-state index in [0.29, 0.717) is 33.5 Å². The van der Waals surface area contributed by atoms with Crippen LogP contribution in [0.3, 0.4) is 0 Å². The van der Waals surface area contributed by atoms with Crippen LogP contribution in [0, 0.1) is 0 Å². The second kappa shape index (κ2) is 6.71. The molecule has 9 heteroatoms. The van der Waals surface area contributed by atoms with Gasteiger partial charge in [0.05, 0.1) is 23.8 Å². The Kier molecular flexibility index (Phi) is 4.09. The summed E-state index contributed by atoms with van der Waals surface area (Å²) in [5.41, 5.74) is 0.622. The number of H-pyrrole nitrogens is 1. The quantitative estimate of drug-likeness (QED) is 0.468. The molecule has 0 bridgehead atoms. The zero-order valence-corrected chi connectivity index (χ0v) is 16.4. The van der Waals surface area contributed by atoms with E-state index in [2.05, 4.69) is 9.97 Å². The van der Waals surface area contributed by atoms with Gasteiger partial charge in [-0.05, 0) is 30.3 Å². The molecule has 5 rings (SSSR count). The average Bonchev–Trinajstić information content (AvgIpc) is 3.48. The number of nitrogens with one attached hydrogen (secondary N) is 1. The van der Waals surface area contributed by atoms with Crippen molar-refractivity contribution in [1.82, 2.24) is 14.9 Å². The number of fused-ring (bicyclic) bond motifs is 2. The molecule has 0 fully saturated rings. The van der Waals surface area contributed by atoms with Gasteiger partial charge in [0.2, 0.25) is 5.95 Å². The van der Waals surface area contributed by atoms with Crippen molar-refractivity contribution in [3.05, 3.63) is 83.3 Å². The van der Waals surface area contributed by atoms with Crippen molar-refractivity contribution in [2.24, 2.45) is 0 Å². The fourth-order valence-corrected chi connectivity index (χ4v) is 3.93. The maximum Gasteiger partial charge on any atom is 0.413 e. The number of rotatable bonds is 4. The summed E-state index contributed by atoms with van der Waals surface area (Å²) in [5, 5.41) is 21.1. The molecule has 156 valence electrons. The Morgan fingerprint density at radius 2 is 2.03 bits per heavy atom. The predicted octanol–water partition coefficient (Wildman–Crippen LogP) is 3.12. The number of amides is 2. The molecular weight excluding hydrogens is 400 g/mol. The van der Waals surface area contributed by atoms with Crippen LogP contribution in [0.5, 0.6) is 0 Å². The van der Waals surface area contributed by atoms with E-state index in [1.165, 1.54) is 18.2 Å². The molecule has 4 aromatic rings. The van der Waals surface area contributed by atoms with Crippen molar-refractivity contribution in [3.8, 4) is 0 Å². The largest absolute Gasteiger partial charge is 0.467 e. The van der Waals surface area contributed by atoms with Crippen LogP contribution in [0.4, 0.5) is 10.7 Å². The molecule has 9 nitrogen and oxygen atoms in total. The van der Waals surface area contributed by atoms with Crippen molar-refractivity contribution in [1.29, 1.82) is 0 Å². The Hall–Kier alpha value is -4.11. The normalized spacial score (nSPS) is 17.9. The molecular formula is C22H18N4O5. The summed E-state index contributed by atoms with van der Waals surface area (Å²) in [5.74, 6) is 0.371. The van der Waals surface area contributed by atoms with Crippen LogP contribution in [-0.4, -0.2) is 44.1 Å². The highest BCUT2D eigenvalue weighted by Crippen LogP contribution is 2.43. The first-order chi connectivity index (χ1) is 14.9. The summed E-state index contributed by atoms with van der Waals surface area (Å²) in [7, 11) is 1.38. The van der Waals surface area contributed by atoms with E-state index in [4.69, 9.17) is 4.42 Å². The third-order valence-electron chi connectivity index (χ3n) is 5.54. The second-order valence-corrected chi connectivity index (χ2v) is 7.32. The minimum atomic E-state index is -1.74. The summed E-state index contributed by atoms with van der Waals surface area (Å²) in [6.07, 6.45) is 0.357. The molecule has 0 spiro atoms. The highest BCUT2D eigenvalue weighted by Gasteiger charge is 2.50. The van der Waals surface area contributed by atoms with Crippen LogP contribution < -0.4 is 4.90 Å². The minimum absolute atomic E-state index is 0.0720. The van der Waals surface area contributed by atoms with Gasteiger partial charge >= 0.3 is 6.09 Å². The van der Waals surface area contributed by atoms with Crippen LogP contribution in [-0.2, 0) is 12.3 Å². The van der Waals surface area contributed by atoms with Gasteiger partial charge in [-0.2, -0.15) is 0 Å². The molecule has 1 aliphatic rings. The summed E-state index contributed by atoms with van der Waals surface area (Å²) in [4.78, 5) is 34.0. The van der Waals surface area contributed by atoms with Crippen LogP contribution in [0.2, 0.25) is 0 Å². The number of anilines is 1. The molecule has 2 aromatic carbocycles. The lowest BCUT2D eigenvalue weighted by Crippen LogP contribution is -2.44. The Bertz CT molecular complexity index is 1310. The van der Waals surface area contributed by atoms with E-state index in [1.54, 1.807) is 54.6 Å². The maximum atomic E-state index is 13.2. The first kappa shape index (κ1) is 18.9. The molecule has 31 heavy (non-hydrogen) atoms. The van der Waals surface area contributed by atoms with Gasteiger partial charge in [0, 0.05) is 23.7 Å². The Labute approximate surface area is 176 Å². The van der Waals surface area contributed by atoms with Gasteiger partial charge in [0.25, 0.3) is 5.91 Å². The van der Waals surface area contributed by atoms with Crippen molar-refractivity contribution in [2.45, 2.75) is 12.3 Å². The molecule has 2 aromatic heterocycles. The lowest BCUT2D eigenvalue weighted by Gasteiger charge is -2.34. The van der Waals surface area contributed by atoms with Crippen LogP contribution >= 0.6 is 0 Å². The highest BCUT2D eigenvalue weighted by atomic mass is 16.4. The van der Waals surface area contributed by atoms with Gasteiger partial charge in [0.15, 0.2) is 5.72 Å². The number of aliphatic hydroxyl groups is 1. The summed E-state index contributed by atoms with van der Waals surface area (Å²) < 4.78 is 5.41. The van der Waals surface area contributed by atoms with E-state index in [9.17, 15) is 19.8 Å². The number of carboxylic acid groups (broad SMARTS) is 1. The van der Waals surface area contributed by atoms with Gasteiger partial charge in [-0.25, -0.2) is 9.78 Å². The molecule has 1 unspecified atom stereocenters. The van der Waals surface area contributed by atoms with Gasteiger partial charge in [-0.1, -0.05) is 24.3 Å². The summed E-state index contributed by atoms with van der Waals surface area (Å²) >= 11 is 0. The SMILES string of the molecule is CN(C(=O)O)c1nc2cc(C3(O)c4ccccc4C(=O)N3Cc3ccco3)ccc2[nH]1. The fraction of sp³-hybridized carbons (Fsp3) is 0.136. The average molecular weight is 418 g/mol. The summed E-state index contributed by atoms with van der Waals surface area (Å²) in [6.45, 7) is 0.0720. The molecule has 0 saturated carbocycles. The highest BCUT2D eigenvalue weighted by molar-refractivity contribution is 6.00. The topological polar surface area (TPSA) is 123 Å². The maximum absolute atomic E-state index is 13.2. The number of nitrogens with zero attached hydrogens (tertiary/aromatic N) is 3. The molecule has 0 saturated heterocycles. The zero-order chi connectivity index (χ0) is 21.8. The smallest absolute Gasteiger partial charge is 0.413 e. The molecule has 1 atom stereocenters. The number of imidazole rings is 1. The molecule has 0 radical (unpaired) electrons. The zero-order valence-electron chi connectivity index (χ0n) is 16.4. The molecule has 3 N–H and O–H groups in total.